The van der Waals surface area contributed by atoms with Gasteiger partial charge in [0.1, 0.15) is 6.10 Å². The lowest BCUT2D eigenvalue weighted by Crippen LogP contribution is -2.54. The molecule has 2 aliphatic rings. The lowest BCUT2D eigenvalue weighted by Gasteiger charge is -2.40. The summed E-state index contributed by atoms with van der Waals surface area (Å²) in [5.41, 5.74) is 5.68. The van der Waals surface area contributed by atoms with Gasteiger partial charge in [-0.15, -0.1) is 0 Å². The highest BCUT2D eigenvalue weighted by atomic mass is 16.5. The Morgan fingerprint density at radius 3 is 2.60 bits per heavy atom. The van der Waals surface area contributed by atoms with Crippen LogP contribution in [0.25, 0.3) is 0 Å². The maximum atomic E-state index is 12.4. The van der Waals surface area contributed by atoms with Crippen LogP contribution in [0.1, 0.15) is 39.0 Å². The van der Waals surface area contributed by atoms with Gasteiger partial charge in [-0.3, -0.25) is 9.69 Å². The zero-order chi connectivity index (χ0) is 14.4. The zero-order valence-electron chi connectivity index (χ0n) is 12.7. The summed E-state index contributed by atoms with van der Waals surface area (Å²) in [5.74, 6) is 0.205. The first-order chi connectivity index (χ1) is 9.76. The van der Waals surface area contributed by atoms with Crippen molar-refractivity contribution < 1.29 is 9.53 Å². The number of amides is 1. The van der Waals surface area contributed by atoms with E-state index in [1.54, 1.807) is 0 Å². The van der Waals surface area contributed by atoms with Gasteiger partial charge < -0.3 is 15.4 Å². The van der Waals surface area contributed by atoms with Crippen molar-refractivity contribution in [3.05, 3.63) is 0 Å². The number of hydrogen-bond acceptors (Lipinski definition) is 4. The van der Waals surface area contributed by atoms with Crippen molar-refractivity contribution >= 4 is 5.91 Å². The normalized spacial score (nSPS) is 26.5. The maximum absolute atomic E-state index is 12.4. The SMILES string of the molecule is CCC(CCN)N1CCN(C(=O)C2CCCCO2)CC1. The van der Waals surface area contributed by atoms with E-state index in [1.165, 1.54) is 0 Å². The first-order valence-electron chi connectivity index (χ1n) is 8.10. The van der Waals surface area contributed by atoms with Gasteiger partial charge in [0.05, 0.1) is 0 Å². The Labute approximate surface area is 122 Å². The highest BCUT2D eigenvalue weighted by Gasteiger charge is 2.30. The van der Waals surface area contributed by atoms with E-state index in [4.69, 9.17) is 10.5 Å². The number of carbonyl (C=O) groups excluding carboxylic acids is 1. The minimum atomic E-state index is -0.179. The van der Waals surface area contributed by atoms with Crippen molar-refractivity contribution in [3.63, 3.8) is 0 Å². The number of rotatable bonds is 5. The Morgan fingerprint density at radius 2 is 2.05 bits per heavy atom. The number of ether oxygens (including phenoxy) is 1. The van der Waals surface area contributed by atoms with Crippen molar-refractivity contribution in [1.29, 1.82) is 0 Å². The summed E-state index contributed by atoms with van der Waals surface area (Å²) in [6.07, 6.45) is 5.11. The van der Waals surface area contributed by atoms with E-state index in [9.17, 15) is 4.79 Å². The van der Waals surface area contributed by atoms with Crippen LogP contribution in [0.5, 0.6) is 0 Å². The number of piperazine rings is 1. The van der Waals surface area contributed by atoms with Gasteiger partial charge >= 0.3 is 0 Å². The predicted octanol–water partition coefficient (Wildman–Crippen LogP) is 0.827. The molecule has 0 aliphatic carbocycles. The molecule has 0 aromatic rings. The van der Waals surface area contributed by atoms with E-state index < -0.39 is 0 Å². The second-order valence-electron chi connectivity index (χ2n) is 5.86. The van der Waals surface area contributed by atoms with E-state index in [-0.39, 0.29) is 12.0 Å². The van der Waals surface area contributed by atoms with Crippen LogP contribution in [0.15, 0.2) is 0 Å². The van der Waals surface area contributed by atoms with E-state index in [1.807, 2.05) is 4.90 Å². The van der Waals surface area contributed by atoms with Crippen molar-refractivity contribution in [1.82, 2.24) is 9.80 Å². The minimum Gasteiger partial charge on any atom is -0.368 e. The summed E-state index contributed by atoms with van der Waals surface area (Å²) in [5, 5.41) is 0. The Morgan fingerprint density at radius 1 is 1.30 bits per heavy atom. The molecular weight excluding hydrogens is 254 g/mol. The predicted molar refractivity (Wildman–Crippen MR) is 79.5 cm³/mol. The van der Waals surface area contributed by atoms with Crippen molar-refractivity contribution in [2.45, 2.75) is 51.2 Å². The van der Waals surface area contributed by atoms with Crippen molar-refractivity contribution in [3.8, 4) is 0 Å². The van der Waals surface area contributed by atoms with Gasteiger partial charge in [0.25, 0.3) is 5.91 Å². The fraction of sp³-hybridized carbons (Fsp3) is 0.933. The lowest BCUT2D eigenvalue weighted by molar-refractivity contribution is -0.148. The third-order valence-corrected chi connectivity index (χ3v) is 4.57. The van der Waals surface area contributed by atoms with Crippen LogP contribution < -0.4 is 5.73 Å². The molecular formula is C15H29N3O2. The van der Waals surface area contributed by atoms with Gasteiger partial charge in [-0.1, -0.05) is 6.92 Å². The van der Waals surface area contributed by atoms with Gasteiger partial charge in [0.2, 0.25) is 0 Å². The van der Waals surface area contributed by atoms with Gasteiger partial charge in [-0.2, -0.15) is 0 Å². The van der Waals surface area contributed by atoms with Crippen molar-refractivity contribution in [2.24, 2.45) is 5.73 Å². The van der Waals surface area contributed by atoms with E-state index in [0.717, 1.165) is 71.4 Å². The third-order valence-electron chi connectivity index (χ3n) is 4.57. The van der Waals surface area contributed by atoms with Crippen LogP contribution >= 0.6 is 0 Å². The van der Waals surface area contributed by atoms with Gasteiger partial charge in [0.15, 0.2) is 0 Å². The fourth-order valence-electron chi connectivity index (χ4n) is 3.28. The van der Waals surface area contributed by atoms with Crippen LogP contribution in [-0.2, 0) is 9.53 Å². The second kappa shape index (κ2) is 7.96. The fourth-order valence-corrected chi connectivity index (χ4v) is 3.28. The van der Waals surface area contributed by atoms with Crippen LogP contribution in [0, 0.1) is 0 Å². The molecule has 116 valence electrons. The molecule has 0 bridgehead atoms. The highest BCUT2D eigenvalue weighted by Crippen LogP contribution is 2.17. The van der Waals surface area contributed by atoms with Crippen LogP contribution in [0.2, 0.25) is 0 Å². The summed E-state index contributed by atoms with van der Waals surface area (Å²) < 4.78 is 5.61. The largest absolute Gasteiger partial charge is 0.368 e. The van der Waals surface area contributed by atoms with Gasteiger partial charge in [-0.25, -0.2) is 0 Å². The first-order valence-corrected chi connectivity index (χ1v) is 8.10. The Balaban J connectivity index is 1.79. The Hall–Kier alpha value is -0.650. The zero-order valence-corrected chi connectivity index (χ0v) is 12.7. The van der Waals surface area contributed by atoms with Crippen LogP contribution in [0.4, 0.5) is 0 Å². The molecule has 2 heterocycles. The number of hydrogen-bond donors (Lipinski definition) is 1. The number of carbonyl (C=O) groups is 1. The molecule has 0 saturated carbocycles. The molecule has 2 fully saturated rings. The molecule has 2 rings (SSSR count). The smallest absolute Gasteiger partial charge is 0.251 e. The standard InChI is InChI=1S/C15H29N3O2/c1-2-13(6-7-16)17-8-10-18(11-9-17)15(19)14-5-3-4-12-20-14/h13-14H,2-12,16H2,1H3. The molecule has 0 spiro atoms. The molecule has 2 N–H and O–H groups in total. The first kappa shape index (κ1) is 15.7. The monoisotopic (exact) mass is 283 g/mol. The summed E-state index contributed by atoms with van der Waals surface area (Å²) in [7, 11) is 0. The summed E-state index contributed by atoms with van der Waals surface area (Å²) in [6.45, 7) is 7.31. The molecule has 20 heavy (non-hydrogen) atoms. The minimum absolute atomic E-state index is 0.179. The average molecular weight is 283 g/mol. The molecule has 5 heteroatoms. The summed E-state index contributed by atoms with van der Waals surface area (Å²) in [4.78, 5) is 16.9. The summed E-state index contributed by atoms with van der Waals surface area (Å²) in [6, 6.07) is 0.572. The van der Waals surface area contributed by atoms with Gasteiger partial charge in [0, 0.05) is 38.8 Å². The van der Waals surface area contributed by atoms with Gasteiger partial charge in [-0.05, 0) is 38.6 Å². The molecule has 0 aromatic heterocycles. The molecule has 2 unspecified atom stereocenters. The molecule has 2 atom stereocenters. The molecule has 1 amide bonds. The second-order valence-corrected chi connectivity index (χ2v) is 5.86. The third kappa shape index (κ3) is 3.93. The maximum Gasteiger partial charge on any atom is 0.251 e. The molecule has 5 nitrogen and oxygen atoms in total. The van der Waals surface area contributed by atoms with Crippen LogP contribution in [-0.4, -0.2) is 67.2 Å². The highest BCUT2D eigenvalue weighted by molar-refractivity contribution is 5.81. The summed E-state index contributed by atoms with van der Waals surface area (Å²) >= 11 is 0. The van der Waals surface area contributed by atoms with Crippen LogP contribution in [0.3, 0.4) is 0 Å². The number of nitrogens with two attached hydrogens (primary N) is 1. The molecule has 2 saturated heterocycles. The lowest BCUT2D eigenvalue weighted by atomic mass is 10.1. The Bertz CT molecular complexity index is 297. The molecule has 0 radical (unpaired) electrons. The Kier molecular flexibility index (Phi) is 6.26. The molecule has 2 aliphatic heterocycles. The molecule has 0 aromatic carbocycles. The van der Waals surface area contributed by atoms with E-state index in [0.29, 0.717) is 6.04 Å². The topological polar surface area (TPSA) is 58.8 Å². The number of nitrogens with zero attached hydrogens (tertiary/aromatic N) is 2. The van der Waals surface area contributed by atoms with E-state index >= 15 is 0 Å². The van der Waals surface area contributed by atoms with E-state index in [2.05, 4.69) is 11.8 Å². The quantitative estimate of drug-likeness (QED) is 0.812. The van der Waals surface area contributed by atoms with Crippen molar-refractivity contribution in [2.75, 3.05) is 39.3 Å². The average Bonchev–Trinajstić information content (AvgIpc) is 2.53.